The second-order valence-corrected chi connectivity index (χ2v) is 9.75. The number of furan rings is 1. The summed E-state index contributed by atoms with van der Waals surface area (Å²) in [6.45, 7) is 7.94. The van der Waals surface area contributed by atoms with Crippen molar-refractivity contribution in [2.45, 2.75) is 52.9 Å². The molecule has 0 amide bonds. The molecule has 1 N–H and O–H groups in total. The summed E-state index contributed by atoms with van der Waals surface area (Å²) in [5.41, 5.74) is 3.80. The van der Waals surface area contributed by atoms with Gasteiger partial charge >= 0.3 is 0 Å². The van der Waals surface area contributed by atoms with Crippen LogP contribution in [0.25, 0.3) is 10.9 Å². The molecule has 8 heteroatoms. The predicted molar refractivity (Wildman–Crippen MR) is 143 cm³/mol. The van der Waals surface area contributed by atoms with Gasteiger partial charge in [-0.2, -0.15) is 0 Å². The number of nitrogens with one attached hydrogen (secondary N) is 1. The number of nitrogens with zero attached hydrogens (tertiary/aromatic N) is 5. The van der Waals surface area contributed by atoms with Crippen molar-refractivity contribution in [3.63, 3.8) is 0 Å². The lowest BCUT2D eigenvalue weighted by Gasteiger charge is -2.33. The van der Waals surface area contributed by atoms with Crippen LogP contribution in [0.3, 0.4) is 0 Å². The SMILES string of the molecule is CCc1ccc2[nH]c(=O)c(CN(Cc3ccco3)C(c3nnnn3Cc3ccccc3)C(C)C)cc2c1. The molecule has 0 fully saturated rings. The standard InChI is InChI=1S/C29H32N6O2/c1-4-21-12-13-26-23(15-21)16-24(29(36)30-26)18-34(19-25-11-8-14-37-25)27(20(2)3)28-31-32-33-35(28)17-22-9-6-5-7-10-22/h5-16,20,27H,4,17-19H2,1-3H3,(H,30,36). The molecule has 0 aliphatic carbocycles. The average molecular weight is 497 g/mol. The second kappa shape index (κ2) is 10.9. The lowest BCUT2D eigenvalue weighted by molar-refractivity contribution is 0.116. The van der Waals surface area contributed by atoms with Crippen molar-refractivity contribution in [1.29, 1.82) is 0 Å². The van der Waals surface area contributed by atoms with Gasteiger partial charge in [-0.05, 0) is 69.6 Å². The predicted octanol–water partition coefficient (Wildman–Crippen LogP) is 5.12. The number of tetrazole rings is 1. The van der Waals surface area contributed by atoms with Gasteiger partial charge in [-0.25, -0.2) is 4.68 Å². The molecule has 0 saturated carbocycles. The van der Waals surface area contributed by atoms with Crippen molar-refractivity contribution >= 4 is 10.9 Å². The van der Waals surface area contributed by atoms with E-state index in [-0.39, 0.29) is 17.5 Å². The zero-order valence-electron chi connectivity index (χ0n) is 21.5. The number of H-pyrrole nitrogens is 1. The highest BCUT2D eigenvalue weighted by molar-refractivity contribution is 5.79. The molecule has 0 aliphatic rings. The van der Waals surface area contributed by atoms with E-state index in [1.54, 1.807) is 6.26 Å². The van der Waals surface area contributed by atoms with Crippen molar-refractivity contribution in [2.75, 3.05) is 0 Å². The maximum atomic E-state index is 13.2. The Bertz CT molecular complexity index is 1500. The zero-order chi connectivity index (χ0) is 25.8. The van der Waals surface area contributed by atoms with Gasteiger partial charge in [-0.15, -0.1) is 5.10 Å². The molecule has 0 aliphatic heterocycles. The Morgan fingerprint density at radius 1 is 1.00 bits per heavy atom. The van der Waals surface area contributed by atoms with Gasteiger partial charge in [-0.3, -0.25) is 9.69 Å². The lowest BCUT2D eigenvalue weighted by Crippen LogP contribution is -2.35. The summed E-state index contributed by atoms with van der Waals surface area (Å²) in [7, 11) is 0. The Morgan fingerprint density at radius 3 is 2.57 bits per heavy atom. The molecule has 1 atom stereocenters. The maximum absolute atomic E-state index is 13.2. The fourth-order valence-electron chi connectivity index (χ4n) is 4.89. The molecule has 190 valence electrons. The minimum Gasteiger partial charge on any atom is -0.468 e. The van der Waals surface area contributed by atoms with Crippen molar-refractivity contribution in [3.8, 4) is 0 Å². The molecule has 3 heterocycles. The number of pyridine rings is 1. The molecular weight excluding hydrogens is 464 g/mol. The molecule has 0 spiro atoms. The first-order valence-corrected chi connectivity index (χ1v) is 12.7. The number of benzene rings is 2. The largest absolute Gasteiger partial charge is 0.468 e. The molecule has 5 rings (SSSR count). The summed E-state index contributed by atoms with van der Waals surface area (Å²) >= 11 is 0. The summed E-state index contributed by atoms with van der Waals surface area (Å²) in [4.78, 5) is 18.5. The average Bonchev–Trinajstić information content (AvgIpc) is 3.57. The van der Waals surface area contributed by atoms with Gasteiger partial charge in [0.25, 0.3) is 5.56 Å². The van der Waals surface area contributed by atoms with E-state index < -0.39 is 0 Å². The number of aromatic amines is 1. The third-order valence-electron chi connectivity index (χ3n) is 6.73. The van der Waals surface area contributed by atoms with Crippen molar-refractivity contribution in [1.82, 2.24) is 30.1 Å². The Labute approximate surface area is 215 Å². The Balaban J connectivity index is 1.54. The highest BCUT2D eigenvalue weighted by atomic mass is 16.3. The minimum atomic E-state index is -0.152. The van der Waals surface area contributed by atoms with Gasteiger partial charge in [0, 0.05) is 17.6 Å². The summed E-state index contributed by atoms with van der Waals surface area (Å²) < 4.78 is 7.57. The van der Waals surface area contributed by atoms with Crippen LogP contribution in [0.2, 0.25) is 0 Å². The third kappa shape index (κ3) is 5.54. The van der Waals surface area contributed by atoms with Crippen LogP contribution in [-0.4, -0.2) is 30.1 Å². The lowest BCUT2D eigenvalue weighted by atomic mass is 10.00. The summed E-state index contributed by atoms with van der Waals surface area (Å²) in [5, 5.41) is 13.8. The highest BCUT2D eigenvalue weighted by Gasteiger charge is 2.30. The summed E-state index contributed by atoms with van der Waals surface area (Å²) in [6, 6.07) is 22.0. The molecule has 0 radical (unpaired) electrons. The van der Waals surface area contributed by atoms with Gasteiger partial charge in [0.1, 0.15) is 5.76 Å². The number of hydrogen-bond donors (Lipinski definition) is 1. The first-order valence-electron chi connectivity index (χ1n) is 12.7. The van der Waals surface area contributed by atoms with E-state index in [1.165, 1.54) is 5.56 Å². The first-order chi connectivity index (χ1) is 18.0. The number of hydrogen-bond acceptors (Lipinski definition) is 6. The third-order valence-corrected chi connectivity index (χ3v) is 6.73. The fraction of sp³-hybridized carbons (Fsp3) is 0.310. The van der Waals surface area contributed by atoms with Crippen LogP contribution in [0.4, 0.5) is 0 Å². The van der Waals surface area contributed by atoms with Crippen LogP contribution in [0.1, 0.15) is 55.1 Å². The molecule has 5 aromatic rings. The van der Waals surface area contributed by atoms with Crippen LogP contribution in [0.5, 0.6) is 0 Å². The Hall–Kier alpha value is -4.04. The second-order valence-electron chi connectivity index (χ2n) is 9.75. The smallest absolute Gasteiger partial charge is 0.252 e. The number of aryl methyl sites for hydroxylation is 1. The van der Waals surface area contributed by atoms with Gasteiger partial charge in [-0.1, -0.05) is 57.2 Å². The molecule has 0 saturated heterocycles. The van der Waals surface area contributed by atoms with E-state index in [9.17, 15) is 4.79 Å². The summed E-state index contributed by atoms with van der Waals surface area (Å²) in [5.74, 6) is 1.75. The molecule has 37 heavy (non-hydrogen) atoms. The molecule has 0 bridgehead atoms. The van der Waals surface area contributed by atoms with Crippen LogP contribution in [0, 0.1) is 5.92 Å². The van der Waals surface area contributed by atoms with E-state index in [0.717, 1.165) is 34.5 Å². The first kappa shape index (κ1) is 24.6. The zero-order valence-corrected chi connectivity index (χ0v) is 21.5. The highest BCUT2D eigenvalue weighted by Crippen LogP contribution is 2.30. The van der Waals surface area contributed by atoms with Crippen molar-refractivity contribution in [3.05, 3.63) is 112 Å². The van der Waals surface area contributed by atoms with Crippen molar-refractivity contribution < 1.29 is 4.42 Å². The normalized spacial score (nSPS) is 12.6. The minimum absolute atomic E-state index is 0.0902. The maximum Gasteiger partial charge on any atom is 0.252 e. The molecule has 2 aromatic carbocycles. The van der Waals surface area contributed by atoms with E-state index in [2.05, 4.69) is 70.4 Å². The van der Waals surface area contributed by atoms with E-state index in [4.69, 9.17) is 4.42 Å². The topological polar surface area (TPSA) is 92.8 Å². The quantitative estimate of drug-likeness (QED) is 0.289. The van der Waals surface area contributed by atoms with E-state index in [1.807, 2.05) is 47.1 Å². The van der Waals surface area contributed by atoms with Crippen LogP contribution in [-0.2, 0) is 26.1 Å². The molecule has 1 unspecified atom stereocenters. The van der Waals surface area contributed by atoms with Crippen LogP contribution in [0.15, 0.2) is 82.2 Å². The van der Waals surface area contributed by atoms with Crippen LogP contribution < -0.4 is 5.56 Å². The van der Waals surface area contributed by atoms with E-state index in [0.29, 0.717) is 25.2 Å². The number of rotatable bonds is 10. The molecular formula is C29H32N6O2. The number of fused-ring (bicyclic) bond motifs is 1. The fourth-order valence-corrected chi connectivity index (χ4v) is 4.89. The van der Waals surface area contributed by atoms with Crippen LogP contribution >= 0.6 is 0 Å². The van der Waals surface area contributed by atoms with Crippen molar-refractivity contribution in [2.24, 2.45) is 5.92 Å². The number of aromatic nitrogens is 5. The van der Waals surface area contributed by atoms with Gasteiger partial charge in [0.05, 0.1) is 25.4 Å². The van der Waals surface area contributed by atoms with E-state index >= 15 is 0 Å². The Morgan fingerprint density at radius 2 is 1.84 bits per heavy atom. The monoisotopic (exact) mass is 496 g/mol. The molecule has 3 aromatic heterocycles. The molecule has 8 nitrogen and oxygen atoms in total. The Kier molecular flexibility index (Phi) is 7.28. The van der Waals surface area contributed by atoms with Gasteiger partial charge in [0.2, 0.25) is 0 Å². The summed E-state index contributed by atoms with van der Waals surface area (Å²) in [6.07, 6.45) is 2.61. The van der Waals surface area contributed by atoms with Gasteiger partial charge in [0.15, 0.2) is 5.82 Å². The van der Waals surface area contributed by atoms with Gasteiger partial charge < -0.3 is 9.40 Å².